The lowest BCUT2D eigenvalue weighted by Crippen LogP contribution is -2.38. The summed E-state index contributed by atoms with van der Waals surface area (Å²) in [5, 5.41) is 27.1. The highest BCUT2D eigenvalue weighted by Gasteiger charge is 2.29. The van der Waals surface area contributed by atoms with Crippen LogP contribution in [0.1, 0.15) is 169 Å². The Kier molecular flexibility index (Phi) is 20.2. The quantitative estimate of drug-likeness (QED) is 0.0477. The van der Waals surface area contributed by atoms with Gasteiger partial charge < -0.3 is 4.98 Å². The van der Waals surface area contributed by atoms with Gasteiger partial charge >= 0.3 is 17.1 Å². The summed E-state index contributed by atoms with van der Waals surface area (Å²) in [6, 6.07) is 21.9. The van der Waals surface area contributed by atoms with E-state index in [0.717, 1.165) is 20.8 Å². The van der Waals surface area contributed by atoms with E-state index in [9.17, 15) is 75.6 Å². The standard InChI is InChI=1S/C23H18ClF2N3O3.C23H18F3N3O3.C16H15N3O3/c1-11(2)19-20(21(30)14-5-12(3)4-13(6-14)9-27)29(23(32)28-22(19)31)10-15-7-16(24)18(26)8-17(15)25;1-11(2)19-20(21(30)14-5-12(3)4-13(6-14)9-27)29(23(32)28-22(19)31)10-16-17(25)7-15(24)8-18(16)26;1-8(2)12-13(18-16(22)19-15(12)21)14(20)11-5-9(3)4-10(6-11)7-17/h2*4-8,11H,10H2,1-3H3,(H,28,31,32);4-6,8H,1-3H3,(H2,18,19,21,22). The molecule has 0 aliphatic carbocycles. The van der Waals surface area contributed by atoms with E-state index in [-0.39, 0.29) is 78.1 Å². The number of aryl methyl sites for hydroxylation is 3. The van der Waals surface area contributed by atoms with Crippen LogP contribution in [0.25, 0.3) is 0 Å². The molecule has 0 atom stereocenters. The predicted molar refractivity (Wildman–Crippen MR) is 306 cm³/mol. The van der Waals surface area contributed by atoms with Crippen LogP contribution in [0.3, 0.4) is 0 Å². The van der Waals surface area contributed by atoms with Crippen LogP contribution in [0.15, 0.2) is 108 Å². The number of benzene rings is 5. The zero-order valence-electron chi connectivity index (χ0n) is 47.3. The number of nitriles is 3. The van der Waals surface area contributed by atoms with E-state index in [1.165, 1.54) is 30.3 Å². The number of aromatic amines is 4. The third kappa shape index (κ3) is 14.5. The molecule has 0 amide bonds. The second-order valence-electron chi connectivity index (χ2n) is 20.7. The van der Waals surface area contributed by atoms with Gasteiger partial charge in [0.2, 0.25) is 17.3 Å². The van der Waals surface area contributed by atoms with Crippen molar-refractivity contribution in [3.05, 3.63) is 270 Å². The molecule has 4 N–H and O–H groups in total. The van der Waals surface area contributed by atoms with Crippen molar-refractivity contribution in [1.29, 1.82) is 15.8 Å². The zero-order chi connectivity index (χ0) is 63.9. The van der Waals surface area contributed by atoms with Gasteiger partial charge in [-0.05, 0) is 116 Å². The van der Waals surface area contributed by atoms with E-state index in [4.69, 9.17) is 16.9 Å². The van der Waals surface area contributed by atoms with Crippen molar-refractivity contribution in [2.24, 2.45) is 0 Å². The van der Waals surface area contributed by atoms with E-state index in [1.807, 2.05) is 18.2 Å². The molecule has 18 nitrogen and oxygen atoms in total. The molecule has 0 spiro atoms. The maximum absolute atomic E-state index is 14.4. The third-order valence-electron chi connectivity index (χ3n) is 13.1. The average molecular weight is 1200 g/mol. The SMILES string of the molecule is Cc1cc(C#N)cc(C(=O)c2[nH]c(=O)[nH]c(=O)c2C(C)C)c1.Cc1cc(C#N)cc(C(=O)c2c(C(C)C)c(=O)[nH]c(=O)n2Cc2c(F)cc(F)cc2F)c1.Cc1cc(C#N)cc(C(=O)c2c(C(C)C)c(=O)[nH]c(=O)n2Cc2cc(Cl)c(F)cc2F)c1. The predicted octanol–water partition coefficient (Wildman–Crippen LogP) is 9.19. The van der Waals surface area contributed by atoms with Gasteiger partial charge in [0.1, 0.15) is 40.5 Å². The maximum Gasteiger partial charge on any atom is 0.329 e. The van der Waals surface area contributed by atoms with Crippen molar-refractivity contribution < 1.29 is 36.3 Å². The van der Waals surface area contributed by atoms with Gasteiger partial charge in [-0.2, -0.15) is 15.8 Å². The number of halogens is 6. The van der Waals surface area contributed by atoms with Crippen LogP contribution in [0, 0.1) is 83.9 Å². The number of rotatable bonds is 13. The highest BCUT2D eigenvalue weighted by molar-refractivity contribution is 6.30. The molecule has 86 heavy (non-hydrogen) atoms. The Morgan fingerprint density at radius 2 is 0.860 bits per heavy atom. The lowest BCUT2D eigenvalue weighted by atomic mass is 9.95. The molecule has 440 valence electrons. The van der Waals surface area contributed by atoms with Gasteiger partial charge in [0.25, 0.3) is 16.7 Å². The summed E-state index contributed by atoms with van der Waals surface area (Å²) in [7, 11) is 0. The molecule has 0 aliphatic heterocycles. The molecule has 0 fully saturated rings. The van der Waals surface area contributed by atoms with Gasteiger partial charge in [-0.3, -0.25) is 52.9 Å². The molecule has 8 aromatic rings. The van der Waals surface area contributed by atoms with Crippen molar-refractivity contribution in [3.8, 4) is 18.2 Å². The number of ketones is 3. The van der Waals surface area contributed by atoms with E-state index in [2.05, 4.69) is 19.9 Å². The molecular formula is C62H51ClF5N9O9. The fourth-order valence-corrected chi connectivity index (χ4v) is 9.54. The molecule has 3 aromatic heterocycles. The number of hydrogen-bond donors (Lipinski definition) is 4. The Labute approximate surface area is 490 Å². The summed E-state index contributed by atoms with van der Waals surface area (Å²) in [4.78, 5) is 122. The summed E-state index contributed by atoms with van der Waals surface area (Å²) in [5.74, 6) is -8.71. The van der Waals surface area contributed by atoms with Crippen LogP contribution in [-0.4, -0.2) is 46.4 Å². The van der Waals surface area contributed by atoms with Gasteiger partial charge in [0, 0.05) is 62.7 Å². The largest absolute Gasteiger partial charge is 0.329 e. The molecule has 0 radical (unpaired) electrons. The highest BCUT2D eigenvalue weighted by Crippen LogP contribution is 2.26. The van der Waals surface area contributed by atoms with Gasteiger partial charge in [-0.1, -0.05) is 53.1 Å². The smallest absolute Gasteiger partial charge is 0.304 e. The fraction of sp³-hybridized carbons (Fsp3) is 0.226. The van der Waals surface area contributed by atoms with E-state index in [1.54, 1.807) is 86.6 Å². The van der Waals surface area contributed by atoms with Crippen molar-refractivity contribution in [1.82, 2.24) is 29.1 Å². The summed E-state index contributed by atoms with van der Waals surface area (Å²) < 4.78 is 71.5. The first kappa shape index (κ1) is 64.7. The Morgan fingerprint density at radius 3 is 1.26 bits per heavy atom. The molecule has 3 heterocycles. The van der Waals surface area contributed by atoms with Crippen molar-refractivity contribution in [3.63, 3.8) is 0 Å². The summed E-state index contributed by atoms with van der Waals surface area (Å²) in [6.45, 7) is 14.0. The monoisotopic (exact) mass is 1200 g/mol. The molecule has 0 unspecified atom stereocenters. The van der Waals surface area contributed by atoms with Crippen LogP contribution in [-0.2, 0) is 13.1 Å². The number of nitrogens with zero attached hydrogens (tertiary/aromatic N) is 5. The van der Waals surface area contributed by atoms with Crippen LogP contribution < -0.4 is 33.7 Å². The summed E-state index contributed by atoms with van der Waals surface area (Å²) >= 11 is 5.76. The normalized spacial score (nSPS) is 10.8. The molecular weight excluding hydrogens is 1150 g/mol. The first-order valence-electron chi connectivity index (χ1n) is 26.0. The minimum atomic E-state index is -1.24. The second-order valence-corrected chi connectivity index (χ2v) is 21.1. The van der Waals surface area contributed by atoms with Crippen molar-refractivity contribution >= 4 is 29.0 Å². The van der Waals surface area contributed by atoms with Gasteiger partial charge in [-0.15, -0.1) is 0 Å². The van der Waals surface area contributed by atoms with Crippen LogP contribution in [0.5, 0.6) is 0 Å². The number of hydrogen-bond acceptors (Lipinski definition) is 12. The fourth-order valence-electron chi connectivity index (χ4n) is 9.35. The Hall–Kier alpha value is -10.4. The molecule has 0 saturated carbocycles. The van der Waals surface area contributed by atoms with Gasteiger partial charge in [-0.25, -0.2) is 36.3 Å². The van der Waals surface area contributed by atoms with Gasteiger partial charge in [0.15, 0.2) is 0 Å². The lowest BCUT2D eigenvalue weighted by molar-refractivity contribution is 0.101. The number of carbonyl (C=O) groups is 3. The van der Waals surface area contributed by atoms with Gasteiger partial charge in [0.05, 0.1) is 58.7 Å². The molecule has 0 bridgehead atoms. The Bertz CT molecular complexity index is 4590. The minimum absolute atomic E-state index is 0.0294. The first-order chi connectivity index (χ1) is 40.4. The molecule has 0 saturated heterocycles. The minimum Gasteiger partial charge on any atom is -0.304 e. The maximum atomic E-state index is 14.4. The molecule has 0 aliphatic rings. The second kappa shape index (κ2) is 26.9. The zero-order valence-corrected chi connectivity index (χ0v) is 48.1. The lowest BCUT2D eigenvalue weighted by Gasteiger charge is -2.18. The molecule has 24 heteroatoms. The van der Waals surface area contributed by atoms with Crippen LogP contribution in [0.2, 0.25) is 5.02 Å². The third-order valence-corrected chi connectivity index (χ3v) is 13.4. The topological polar surface area (TPSA) is 298 Å². The average Bonchev–Trinajstić information content (AvgIpc) is 3.56. The summed E-state index contributed by atoms with van der Waals surface area (Å²) in [5.41, 5.74) is -2.92. The first-order valence-corrected chi connectivity index (χ1v) is 26.3. The van der Waals surface area contributed by atoms with Crippen LogP contribution >= 0.6 is 11.6 Å². The molecule has 5 aromatic carbocycles. The highest BCUT2D eigenvalue weighted by atomic mass is 35.5. The van der Waals surface area contributed by atoms with Crippen LogP contribution in [0.4, 0.5) is 22.0 Å². The summed E-state index contributed by atoms with van der Waals surface area (Å²) in [6.07, 6.45) is 0. The van der Waals surface area contributed by atoms with E-state index >= 15 is 0 Å². The Morgan fingerprint density at radius 1 is 0.477 bits per heavy atom. The van der Waals surface area contributed by atoms with Crippen molar-refractivity contribution in [2.45, 2.75) is 93.2 Å². The van der Waals surface area contributed by atoms with E-state index < -0.39 is 111 Å². The number of H-pyrrole nitrogens is 4. The molecule has 8 rings (SSSR count). The number of carbonyl (C=O) groups excluding carboxylic acids is 3. The van der Waals surface area contributed by atoms with Crippen molar-refractivity contribution in [2.75, 3.05) is 0 Å². The Balaban J connectivity index is 0.000000210. The number of nitrogens with one attached hydrogen (secondary N) is 4. The van der Waals surface area contributed by atoms with E-state index in [0.29, 0.717) is 34.9 Å². The number of aromatic nitrogens is 6.